The van der Waals surface area contributed by atoms with E-state index in [2.05, 4.69) is 4.72 Å². The molecule has 5 nitrogen and oxygen atoms in total. The molecule has 0 atom stereocenters. The molecule has 2 rings (SSSR count). The van der Waals surface area contributed by atoms with Crippen LogP contribution in [0.5, 0.6) is 5.75 Å². The molecule has 0 amide bonds. The zero-order chi connectivity index (χ0) is 14.6. The zero-order valence-electron chi connectivity index (χ0n) is 11.0. The molecule has 2 aromatic carbocycles. The number of ether oxygens (including phenoxy) is 1. The Morgan fingerprint density at radius 1 is 1.15 bits per heavy atom. The molecule has 3 N–H and O–H groups in total. The van der Waals surface area contributed by atoms with E-state index in [1.807, 2.05) is 6.07 Å². The summed E-state index contributed by atoms with van der Waals surface area (Å²) in [4.78, 5) is 0.177. The smallest absolute Gasteiger partial charge is 0.261 e. The summed E-state index contributed by atoms with van der Waals surface area (Å²) in [6.45, 7) is 0.359. The first-order valence-electron chi connectivity index (χ1n) is 6.01. The Morgan fingerprint density at radius 2 is 1.85 bits per heavy atom. The number of sulfonamides is 1. The van der Waals surface area contributed by atoms with Gasteiger partial charge >= 0.3 is 0 Å². The van der Waals surface area contributed by atoms with Crippen LogP contribution in [0.2, 0.25) is 0 Å². The van der Waals surface area contributed by atoms with Crippen LogP contribution in [0.3, 0.4) is 0 Å². The minimum absolute atomic E-state index is 0.177. The first-order chi connectivity index (χ1) is 9.55. The number of methoxy groups -OCH3 is 1. The van der Waals surface area contributed by atoms with E-state index in [1.165, 1.54) is 19.2 Å². The molecule has 0 saturated heterocycles. The Morgan fingerprint density at radius 3 is 2.45 bits per heavy atom. The summed E-state index contributed by atoms with van der Waals surface area (Å²) >= 11 is 0. The van der Waals surface area contributed by atoms with Crippen molar-refractivity contribution < 1.29 is 13.2 Å². The number of hydrogen-bond acceptors (Lipinski definition) is 4. The Balaban J connectivity index is 2.25. The fourth-order valence-corrected chi connectivity index (χ4v) is 2.78. The van der Waals surface area contributed by atoms with Crippen LogP contribution < -0.4 is 15.2 Å². The molecule has 0 saturated carbocycles. The second-order valence-electron chi connectivity index (χ2n) is 4.19. The standard InChI is InChI=1S/C14H16N2O3S/c1-19-13-5-7-14(8-6-13)20(17,18)16-12-4-2-3-11(9-12)10-15/h2-9,16H,10,15H2,1H3. The molecule has 20 heavy (non-hydrogen) atoms. The van der Waals surface area contributed by atoms with Gasteiger partial charge in [-0.05, 0) is 42.0 Å². The van der Waals surface area contributed by atoms with Crippen LogP contribution in [-0.4, -0.2) is 15.5 Å². The van der Waals surface area contributed by atoms with Crippen LogP contribution in [0.4, 0.5) is 5.69 Å². The van der Waals surface area contributed by atoms with Crippen molar-refractivity contribution in [2.45, 2.75) is 11.4 Å². The van der Waals surface area contributed by atoms with Crippen LogP contribution in [0.15, 0.2) is 53.4 Å². The van der Waals surface area contributed by atoms with E-state index in [1.54, 1.807) is 30.3 Å². The van der Waals surface area contributed by atoms with Crippen LogP contribution in [-0.2, 0) is 16.6 Å². The van der Waals surface area contributed by atoms with E-state index >= 15 is 0 Å². The average molecular weight is 292 g/mol. The quantitative estimate of drug-likeness (QED) is 0.882. The lowest BCUT2D eigenvalue weighted by Crippen LogP contribution is -2.13. The number of benzene rings is 2. The zero-order valence-corrected chi connectivity index (χ0v) is 11.9. The summed E-state index contributed by atoms with van der Waals surface area (Å²) < 4.78 is 32.0. The van der Waals surface area contributed by atoms with Gasteiger partial charge in [0.05, 0.1) is 12.0 Å². The SMILES string of the molecule is COc1ccc(S(=O)(=O)Nc2cccc(CN)c2)cc1. The molecule has 0 bridgehead atoms. The highest BCUT2D eigenvalue weighted by atomic mass is 32.2. The largest absolute Gasteiger partial charge is 0.497 e. The van der Waals surface area contributed by atoms with Gasteiger partial charge in [0.15, 0.2) is 0 Å². The van der Waals surface area contributed by atoms with Crippen molar-refractivity contribution in [3.05, 3.63) is 54.1 Å². The van der Waals surface area contributed by atoms with Gasteiger partial charge in [-0.1, -0.05) is 12.1 Å². The highest BCUT2D eigenvalue weighted by Gasteiger charge is 2.14. The van der Waals surface area contributed by atoms with E-state index in [9.17, 15) is 8.42 Å². The third kappa shape index (κ3) is 3.28. The average Bonchev–Trinajstić information content (AvgIpc) is 2.47. The van der Waals surface area contributed by atoms with Crippen LogP contribution in [0.25, 0.3) is 0 Å². The topological polar surface area (TPSA) is 81.4 Å². The summed E-state index contributed by atoms with van der Waals surface area (Å²) in [6.07, 6.45) is 0. The third-order valence-corrected chi connectivity index (χ3v) is 4.18. The van der Waals surface area contributed by atoms with Gasteiger partial charge in [-0.2, -0.15) is 0 Å². The number of hydrogen-bond donors (Lipinski definition) is 2. The molecule has 0 heterocycles. The summed E-state index contributed by atoms with van der Waals surface area (Å²) in [5.41, 5.74) is 6.89. The molecular weight excluding hydrogens is 276 g/mol. The van der Waals surface area contributed by atoms with E-state index < -0.39 is 10.0 Å². The summed E-state index contributed by atoms with van der Waals surface area (Å²) in [5.74, 6) is 0.606. The molecule has 0 aliphatic heterocycles. The van der Waals surface area contributed by atoms with E-state index in [0.717, 1.165) is 5.56 Å². The predicted octanol–water partition coefficient (Wildman–Crippen LogP) is 1.95. The van der Waals surface area contributed by atoms with Gasteiger partial charge in [0.25, 0.3) is 10.0 Å². The maximum absolute atomic E-state index is 12.2. The first-order valence-corrected chi connectivity index (χ1v) is 7.49. The molecule has 106 valence electrons. The first kappa shape index (κ1) is 14.4. The van der Waals surface area contributed by atoms with Crippen molar-refractivity contribution in [2.24, 2.45) is 5.73 Å². The van der Waals surface area contributed by atoms with Gasteiger partial charge in [-0.3, -0.25) is 4.72 Å². The number of nitrogens with one attached hydrogen (secondary N) is 1. The molecule has 0 aliphatic rings. The van der Waals surface area contributed by atoms with Crippen molar-refractivity contribution >= 4 is 15.7 Å². The second-order valence-corrected chi connectivity index (χ2v) is 5.87. The van der Waals surface area contributed by atoms with Gasteiger partial charge in [-0.15, -0.1) is 0 Å². The third-order valence-electron chi connectivity index (χ3n) is 2.78. The lowest BCUT2D eigenvalue weighted by molar-refractivity contribution is 0.414. The van der Waals surface area contributed by atoms with E-state index in [0.29, 0.717) is 18.0 Å². The molecule has 0 radical (unpaired) electrons. The number of nitrogens with two attached hydrogens (primary N) is 1. The molecule has 6 heteroatoms. The number of rotatable bonds is 5. The molecule has 0 aliphatic carbocycles. The Hall–Kier alpha value is -2.05. The van der Waals surface area contributed by atoms with Gasteiger partial charge in [0.2, 0.25) is 0 Å². The maximum Gasteiger partial charge on any atom is 0.261 e. The minimum atomic E-state index is -3.61. The lowest BCUT2D eigenvalue weighted by Gasteiger charge is -2.09. The van der Waals surface area contributed by atoms with Gasteiger partial charge in [-0.25, -0.2) is 8.42 Å². The van der Waals surface area contributed by atoms with Crippen LogP contribution >= 0.6 is 0 Å². The Kier molecular flexibility index (Phi) is 4.26. The predicted molar refractivity (Wildman–Crippen MR) is 78.1 cm³/mol. The van der Waals surface area contributed by atoms with Crippen molar-refractivity contribution in [2.75, 3.05) is 11.8 Å². The number of anilines is 1. The van der Waals surface area contributed by atoms with Gasteiger partial charge < -0.3 is 10.5 Å². The summed E-state index contributed by atoms with van der Waals surface area (Å²) in [6, 6.07) is 13.2. The van der Waals surface area contributed by atoms with Crippen molar-refractivity contribution in [1.29, 1.82) is 0 Å². The fourth-order valence-electron chi connectivity index (χ4n) is 1.73. The van der Waals surface area contributed by atoms with E-state index in [-0.39, 0.29) is 4.90 Å². The highest BCUT2D eigenvalue weighted by molar-refractivity contribution is 7.92. The molecule has 0 aromatic heterocycles. The Bertz CT molecular complexity index is 682. The molecule has 2 aromatic rings. The Labute approximate surface area is 118 Å². The van der Waals surface area contributed by atoms with Crippen molar-refractivity contribution in [3.63, 3.8) is 0 Å². The normalized spacial score (nSPS) is 11.1. The second kappa shape index (κ2) is 5.94. The molecule has 0 fully saturated rings. The van der Waals surface area contributed by atoms with E-state index in [4.69, 9.17) is 10.5 Å². The van der Waals surface area contributed by atoms with Crippen molar-refractivity contribution in [3.8, 4) is 5.75 Å². The molecular formula is C14H16N2O3S. The lowest BCUT2D eigenvalue weighted by atomic mass is 10.2. The summed E-state index contributed by atoms with van der Waals surface area (Å²) in [7, 11) is -2.08. The monoisotopic (exact) mass is 292 g/mol. The fraction of sp³-hybridized carbons (Fsp3) is 0.143. The molecule has 0 spiro atoms. The maximum atomic E-state index is 12.2. The van der Waals surface area contributed by atoms with Crippen LogP contribution in [0, 0.1) is 0 Å². The minimum Gasteiger partial charge on any atom is -0.497 e. The van der Waals surface area contributed by atoms with Crippen molar-refractivity contribution in [1.82, 2.24) is 0 Å². The van der Waals surface area contributed by atoms with Gasteiger partial charge in [0.1, 0.15) is 5.75 Å². The summed E-state index contributed by atoms with van der Waals surface area (Å²) in [5, 5.41) is 0. The molecule has 0 unspecified atom stereocenters. The van der Waals surface area contributed by atoms with Gasteiger partial charge in [0, 0.05) is 12.2 Å². The highest BCUT2D eigenvalue weighted by Crippen LogP contribution is 2.19. The van der Waals surface area contributed by atoms with Crippen LogP contribution in [0.1, 0.15) is 5.56 Å².